The van der Waals surface area contributed by atoms with E-state index >= 15 is 0 Å². The Labute approximate surface area is 161 Å². The van der Waals surface area contributed by atoms with E-state index in [0.29, 0.717) is 20.2 Å². The predicted molar refractivity (Wildman–Crippen MR) is 103 cm³/mol. The molecule has 0 unspecified atom stereocenters. The molecule has 0 saturated heterocycles. The van der Waals surface area contributed by atoms with Gasteiger partial charge in [-0.2, -0.15) is 0 Å². The monoisotopic (exact) mass is 403 g/mol. The smallest absolute Gasteiger partial charge is 0.339 e. The molecule has 138 valence electrons. The van der Waals surface area contributed by atoms with Crippen LogP contribution in [-0.4, -0.2) is 34.6 Å². The number of benzene rings is 2. The maximum atomic E-state index is 12.2. The SMILES string of the molecule is COC(=O)c1ccccc1NC(=O)CSc1nc2ccc([N+](=O)[O-])cc2s1. The lowest BCUT2D eigenvalue weighted by atomic mass is 10.2. The van der Waals surface area contributed by atoms with Gasteiger partial charge in [0.2, 0.25) is 5.91 Å². The second kappa shape index (κ2) is 8.14. The molecule has 0 aliphatic heterocycles. The lowest BCUT2D eigenvalue weighted by molar-refractivity contribution is -0.384. The Hall–Kier alpha value is -2.98. The maximum absolute atomic E-state index is 12.2. The van der Waals surface area contributed by atoms with Crippen molar-refractivity contribution < 1.29 is 19.2 Å². The Morgan fingerprint density at radius 2 is 2.07 bits per heavy atom. The van der Waals surface area contributed by atoms with Crippen molar-refractivity contribution in [1.82, 2.24) is 4.98 Å². The van der Waals surface area contributed by atoms with Crippen molar-refractivity contribution in [3.05, 3.63) is 58.1 Å². The van der Waals surface area contributed by atoms with Crippen LogP contribution in [0, 0.1) is 10.1 Å². The maximum Gasteiger partial charge on any atom is 0.339 e. The van der Waals surface area contributed by atoms with E-state index in [1.165, 1.54) is 42.3 Å². The number of carbonyl (C=O) groups excluding carboxylic acids is 2. The number of fused-ring (bicyclic) bond motifs is 1. The third kappa shape index (κ3) is 4.41. The highest BCUT2D eigenvalue weighted by Gasteiger charge is 2.15. The quantitative estimate of drug-likeness (QED) is 0.289. The summed E-state index contributed by atoms with van der Waals surface area (Å²) in [7, 11) is 1.27. The van der Waals surface area contributed by atoms with Gasteiger partial charge in [0.1, 0.15) is 0 Å². The van der Waals surface area contributed by atoms with E-state index in [1.54, 1.807) is 30.3 Å². The molecule has 27 heavy (non-hydrogen) atoms. The van der Waals surface area contributed by atoms with Crippen LogP contribution in [0.1, 0.15) is 10.4 Å². The number of ether oxygens (including phenoxy) is 1. The van der Waals surface area contributed by atoms with Crippen LogP contribution >= 0.6 is 23.1 Å². The molecule has 0 atom stereocenters. The van der Waals surface area contributed by atoms with Crippen molar-refractivity contribution in [2.45, 2.75) is 4.34 Å². The summed E-state index contributed by atoms with van der Waals surface area (Å²) in [4.78, 5) is 38.7. The van der Waals surface area contributed by atoms with Gasteiger partial charge in [0.05, 0.1) is 39.3 Å². The average molecular weight is 403 g/mol. The molecule has 0 spiro atoms. The van der Waals surface area contributed by atoms with E-state index in [9.17, 15) is 19.7 Å². The van der Waals surface area contributed by atoms with Crippen LogP contribution in [0.4, 0.5) is 11.4 Å². The molecular weight excluding hydrogens is 390 g/mol. The molecule has 1 N–H and O–H groups in total. The summed E-state index contributed by atoms with van der Waals surface area (Å²) >= 11 is 2.50. The average Bonchev–Trinajstić information content (AvgIpc) is 3.08. The summed E-state index contributed by atoms with van der Waals surface area (Å²) in [5.74, 6) is -0.759. The number of thiazole rings is 1. The number of hydrogen-bond acceptors (Lipinski definition) is 8. The van der Waals surface area contributed by atoms with Crippen molar-refractivity contribution in [3.63, 3.8) is 0 Å². The van der Waals surface area contributed by atoms with Crippen LogP contribution in [0.25, 0.3) is 10.2 Å². The molecule has 1 amide bonds. The van der Waals surface area contributed by atoms with E-state index < -0.39 is 10.9 Å². The number of para-hydroxylation sites is 1. The fraction of sp³-hybridized carbons (Fsp3) is 0.118. The van der Waals surface area contributed by atoms with Gasteiger partial charge in [-0.05, 0) is 18.2 Å². The highest BCUT2D eigenvalue weighted by Crippen LogP contribution is 2.31. The third-order valence-electron chi connectivity index (χ3n) is 3.50. The first-order valence-electron chi connectivity index (χ1n) is 7.63. The third-order valence-corrected chi connectivity index (χ3v) is 5.66. The van der Waals surface area contributed by atoms with E-state index in [4.69, 9.17) is 4.74 Å². The number of rotatable bonds is 6. The standard InChI is InChI=1S/C17H13N3O5S2/c1-25-16(22)11-4-2-3-5-12(11)18-15(21)9-26-17-19-13-7-6-10(20(23)24)8-14(13)27-17/h2-8H,9H2,1H3,(H,18,21). The van der Waals surface area contributed by atoms with E-state index in [-0.39, 0.29) is 22.9 Å². The summed E-state index contributed by atoms with van der Waals surface area (Å²) in [6, 6.07) is 11.0. The second-order valence-electron chi connectivity index (χ2n) is 5.26. The van der Waals surface area contributed by atoms with Gasteiger partial charge in [0, 0.05) is 12.1 Å². The summed E-state index contributed by atoms with van der Waals surface area (Å²) in [6.45, 7) is 0. The van der Waals surface area contributed by atoms with Crippen molar-refractivity contribution in [2.75, 3.05) is 18.2 Å². The fourth-order valence-electron chi connectivity index (χ4n) is 2.26. The lowest BCUT2D eigenvalue weighted by Gasteiger charge is -2.08. The molecule has 0 bridgehead atoms. The van der Waals surface area contributed by atoms with Gasteiger partial charge in [-0.25, -0.2) is 9.78 Å². The van der Waals surface area contributed by atoms with Crippen molar-refractivity contribution in [2.24, 2.45) is 0 Å². The predicted octanol–water partition coefficient (Wildman–Crippen LogP) is 3.72. The number of aromatic nitrogens is 1. The Bertz CT molecular complexity index is 1030. The van der Waals surface area contributed by atoms with Gasteiger partial charge in [-0.15, -0.1) is 11.3 Å². The molecule has 8 nitrogen and oxygen atoms in total. The topological polar surface area (TPSA) is 111 Å². The number of methoxy groups -OCH3 is 1. The van der Waals surface area contributed by atoms with Gasteiger partial charge in [-0.3, -0.25) is 14.9 Å². The largest absolute Gasteiger partial charge is 0.465 e. The van der Waals surface area contributed by atoms with Crippen molar-refractivity contribution >= 4 is 56.6 Å². The molecule has 1 aromatic heterocycles. The first kappa shape index (κ1) is 18.8. The fourth-order valence-corrected chi connectivity index (χ4v) is 4.16. The molecule has 1 heterocycles. The van der Waals surface area contributed by atoms with Crippen LogP contribution in [0.15, 0.2) is 46.8 Å². The molecule has 2 aromatic carbocycles. The number of nitrogens with one attached hydrogen (secondary N) is 1. The summed E-state index contributed by atoms with van der Waals surface area (Å²) in [5, 5.41) is 13.5. The Kier molecular flexibility index (Phi) is 5.67. The minimum Gasteiger partial charge on any atom is -0.465 e. The Balaban J connectivity index is 1.67. The number of non-ortho nitro benzene ring substituents is 1. The van der Waals surface area contributed by atoms with Crippen molar-refractivity contribution in [1.29, 1.82) is 0 Å². The first-order valence-corrected chi connectivity index (χ1v) is 9.43. The van der Waals surface area contributed by atoms with Crippen LogP contribution in [0.3, 0.4) is 0 Å². The minimum atomic E-state index is -0.536. The summed E-state index contributed by atoms with van der Waals surface area (Å²) in [6.07, 6.45) is 0. The molecule has 10 heteroatoms. The highest BCUT2D eigenvalue weighted by molar-refractivity contribution is 8.01. The number of hydrogen-bond donors (Lipinski definition) is 1. The zero-order valence-corrected chi connectivity index (χ0v) is 15.6. The van der Waals surface area contributed by atoms with Gasteiger partial charge in [0.15, 0.2) is 4.34 Å². The second-order valence-corrected chi connectivity index (χ2v) is 7.52. The highest BCUT2D eigenvalue weighted by atomic mass is 32.2. The minimum absolute atomic E-state index is 0.000129. The Morgan fingerprint density at radius 1 is 1.30 bits per heavy atom. The van der Waals surface area contributed by atoms with Gasteiger partial charge >= 0.3 is 5.97 Å². The molecule has 0 radical (unpaired) electrons. The normalized spacial score (nSPS) is 10.6. The zero-order valence-electron chi connectivity index (χ0n) is 14.0. The lowest BCUT2D eigenvalue weighted by Crippen LogP contribution is -2.17. The first-order chi connectivity index (χ1) is 13.0. The van der Waals surface area contributed by atoms with Crippen LogP contribution in [0.5, 0.6) is 0 Å². The van der Waals surface area contributed by atoms with E-state index in [0.717, 1.165) is 0 Å². The van der Waals surface area contributed by atoms with Gasteiger partial charge in [-0.1, -0.05) is 23.9 Å². The van der Waals surface area contributed by atoms with Gasteiger partial charge in [0.25, 0.3) is 5.69 Å². The number of thioether (sulfide) groups is 1. The molecule has 0 fully saturated rings. The van der Waals surface area contributed by atoms with E-state index in [1.807, 2.05) is 0 Å². The van der Waals surface area contributed by atoms with Crippen LogP contribution in [-0.2, 0) is 9.53 Å². The molecule has 0 saturated carbocycles. The molecule has 3 aromatic rings. The number of amides is 1. The molecular formula is C17H13N3O5S2. The number of anilines is 1. The Morgan fingerprint density at radius 3 is 2.81 bits per heavy atom. The summed E-state index contributed by atoms with van der Waals surface area (Å²) < 4.78 is 6.01. The van der Waals surface area contributed by atoms with Crippen LogP contribution < -0.4 is 5.32 Å². The van der Waals surface area contributed by atoms with Crippen LogP contribution in [0.2, 0.25) is 0 Å². The number of nitro benzene ring substituents is 1. The number of nitro groups is 1. The van der Waals surface area contributed by atoms with E-state index in [2.05, 4.69) is 10.3 Å². The van der Waals surface area contributed by atoms with Gasteiger partial charge < -0.3 is 10.1 Å². The molecule has 3 rings (SSSR count). The molecule has 0 aliphatic carbocycles. The molecule has 0 aliphatic rings. The number of nitrogens with zero attached hydrogens (tertiary/aromatic N) is 2. The zero-order chi connectivity index (χ0) is 19.4. The number of esters is 1. The summed E-state index contributed by atoms with van der Waals surface area (Å²) in [5.41, 5.74) is 1.28. The van der Waals surface area contributed by atoms with Crippen molar-refractivity contribution in [3.8, 4) is 0 Å². The number of carbonyl (C=O) groups is 2.